The van der Waals surface area contributed by atoms with E-state index in [1.807, 2.05) is 33.0 Å². The van der Waals surface area contributed by atoms with Gasteiger partial charge in [0.15, 0.2) is 0 Å². The first-order valence-corrected chi connectivity index (χ1v) is 8.71. The summed E-state index contributed by atoms with van der Waals surface area (Å²) in [4.78, 5) is 19.0. The summed E-state index contributed by atoms with van der Waals surface area (Å²) in [6.45, 7) is 4.08. The van der Waals surface area contributed by atoms with Crippen LogP contribution in [0.25, 0.3) is 11.3 Å². The Morgan fingerprint density at radius 1 is 1.27 bits per heavy atom. The van der Waals surface area contributed by atoms with Gasteiger partial charge in [-0.15, -0.1) is 0 Å². The summed E-state index contributed by atoms with van der Waals surface area (Å²) >= 11 is 0. The molecule has 3 aromatic rings. The van der Waals surface area contributed by atoms with Crippen molar-refractivity contribution in [3.05, 3.63) is 58.0 Å². The maximum atomic E-state index is 12.5. The Kier molecular flexibility index (Phi) is 4.06. The summed E-state index contributed by atoms with van der Waals surface area (Å²) < 4.78 is 6.80. The smallest absolute Gasteiger partial charge is 0.269 e. The average molecular weight is 351 g/mol. The van der Waals surface area contributed by atoms with Crippen LogP contribution in [0, 0.1) is 13.8 Å². The third-order valence-electron chi connectivity index (χ3n) is 4.83. The number of aromatic nitrogens is 4. The van der Waals surface area contributed by atoms with Gasteiger partial charge in [0.2, 0.25) is 0 Å². The van der Waals surface area contributed by atoms with Gasteiger partial charge in [0.1, 0.15) is 11.5 Å². The lowest BCUT2D eigenvalue weighted by molar-refractivity contribution is 0.397. The van der Waals surface area contributed by atoms with Crippen molar-refractivity contribution in [1.82, 2.24) is 19.9 Å². The number of rotatable bonds is 5. The predicted molar refractivity (Wildman–Crippen MR) is 98.2 cm³/mol. The van der Waals surface area contributed by atoms with Crippen molar-refractivity contribution in [3.63, 3.8) is 0 Å². The number of hydrogen-bond acceptors (Lipinski definition) is 6. The van der Waals surface area contributed by atoms with E-state index in [0.717, 1.165) is 22.5 Å². The number of anilines is 1. The molecule has 0 N–H and O–H groups in total. The molecule has 0 aromatic carbocycles. The number of nitrogens with zero attached hydrogens (tertiary/aromatic N) is 5. The van der Waals surface area contributed by atoms with Crippen molar-refractivity contribution in [2.45, 2.75) is 39.3 Å². The van der Waals surface area contributed by atoms with Crippen molar-refractivity contribution in [2.75, 3.05) is 11.9 Å². The minimum atomic E-state index is -0.136. The molecule has 1 aliphatic carbocycles. The molecule has 0 aliphatic heterocycles. The van der Waals surface area contributed by atoms with Crippen LogP contribution in [0.4, 0.5) is 5.69 Å². The summed E-state index contributed by atoms with van der Waals surface area (Å²) in [5.41, 5.74) is 4.06. The molecule has 1 fully saturated rings. The van der Waals surface area contributed by atoms with E-state index in [1.165, 1.54) is 17.5 Å². The van der Waals surface area contributed by atoms with Crippen molar-refractivity contribution >= 4 is 5.69 Å². The van der Waals surface area contributed by atoms with Gasteiger partial charge in [-0.2, -0.15) is 5.10 Å². The van der Waals surface area contributed by atoms with Crippen LogP contribution in [0.2, 0.25) is 0 Å². The Morgan fingerprint density at radius 2 is 2.08 bits per heavy atom. The second-order valence-electron chi connectivity index (χ2n) is 6.81. The molecule has 0 radical (unpaired) electrons. The Labute approximate surface area is 151 Å². The topological polar surface area (TPSA) is 77.0 Å². The van der Waals surface area contributed by atoms with Crippen molar-refractivity contribution in [3.8, 4) is 11.3 Å². The largest absolute Gasteiger partial charge is 0.370 e. The first-order chi connectivity index (χ1) is 12.5. The normalized spacial score (nSPS) is 13.8. The second kappa shape index (κ2) is 6.40. The molecule has 1 aliphatic rings. The molecule has 0 atom stereocenters. The Balaban J connectivity index is 1.64. The fourth-order valence-corrected chi connectivity index (χ4v) is 2.97. The molecule has 3 aromatic heterocycles. The van der Waals surface area contributed by atoms with E-state index in [4.69, 9.17) is 4.52 Å². The zero-order chi connectivity index (χ0) is 18.3. The van der Waals surface area contributed by atoms with E-state index in [1.54, 1.807) is 18.5 Å². The Hall–Kier alpha value is -2.96. The van der Waals surface area contributed by atoms with E-state index in [-0.39, 0.29) is 5.56 Å². The standard InChI is InChI=1S/C19H21N5O2/c1-12-4-5-14(9-20-12)19-17(13(2)26-22-19)11-24-18(25)8-16(10-21-24)23(3)15-6-7-15/h4-5,8-10,15H,6-7,11H2,1-3H3. The maximum Gasteiger partial charge on any atom is 0.269 e. The molecule has 26 heavy (non-hydrogen) atoms. The van der Waals surface area contributed by atoms with E-state index >= 15 is 0 Å². The molecule has 0 amide bonds. The highest BCUT2D eigenvalue weighted by atomic mass is 16.5. The zero-order valence-corrected chi connectivity index (χ0v) is 15.1. The molecule has 0 spiro atoms. The lowest BCUT2D eigenvalue weighted by Gasteiger charge is -2.18. The summed E-state index contributed by atoms with van der Waals surface area (Å²) in [7, 11) is 2.01. The van der Waals surface area contributed by atoms with Crippen molar-refractivity contribution in [1.29, 1.82) is 0 Å². The molecule has 4 rings (SSSR count). The third kappa shape index (κ3) is 3.12. The van der Waals surface area contributed by atoms with Gasteiger partial charge in [-0.3, -0.25) is 9.78 Å². The monoisotopic (exact) mass is 351 g/mol. The van der Waals surface area contributed by atoms with E-state index in [0.29, 0.717) is 24.0 Å². The zero-order valence-electron chi connectivity index (χ0n) is 15.1. The number of hydrogen-bond donors (Lipinski definition) is 0. The van der Waals surface area contributed by atoms with Crippen LogP contribution in [0.1, 0.15) is 29.9 Å². The summed E-state index contributed by atoms with van der Waals surface area (Å²) in [6.07, 6.45) is 5.86. The minimum Gasteiger partial charge on any atom is -0.370 e. The third-order valence-corrected chi connectivity index (χ3v) is 4.83. The van der Waals surface area contributed by atoms with Gasteiger partial charge in [-0.25, -0.2) is 4.68 Å². The Bertz CT molecular complexity index is 986. The highest BCUT2D eigenvalue weighted by Crippen LogP contribution is 2.29. The van der Waals surface area contributed by atoms with Gasteiger partial charge in [0.05, 0.1) is 18.4 Å². The highest BCUT2D eigenvalue weighted by molar-refractivity contribution is 5.62. The predicted octanol–water partition coefficient (Wildman–Crippen LogP) is 2.56. The molecule has 1 saturated carbocycles. The molecule has 7 heteroatoms. The summed E-state index contributed by atoms with van der Waals surface area (Å²) in [5, 5.41) is 8.50. The fraction of sp³-hybridized carbons (Fsp3) is 0.368. The van der Waals surface area contributed by atoms with Gasteiger partial charge in [-0.05, 0) is 38.8 Å². The van der Waals surface area contributed by atoms with Crippen LogP contribution in [0.3, 0.4) is 0 Å². The average Bonchev–Trinajstić information content (AvgIpc) is 3.42. The number of pyridine rings is 1. The molecule has 0 saturated heterocycles. The van der Waals surface area contributed by atoms with Crippen LogP contribution in [0.5, 0.6) is 0 Å². The number of aryl methyl sites for hydroxylation is 2. The minimum absolute atomic E-state index is 0.136. The first kappa shape index (κ1) is 16.5. The van der Waals surface area contributed by atoms with Gasteiger partial charge in [0, 0.05) is 42.2 Å². The lowest BCUT2D eigenvalue weighted by atomic mass is 10.1. The van der Waals surface area contributed by atoms with E-state index in [9.17, 15) is 4.79 Å². The maximum absolute atomic E-state index is 12.5. The van der Waals surface area contributed by atoms with Crippen LogP contribution in [-0.2, 0) is 6.54 Å². The van der Waals surface area contributed by atoms with Crippen molar-refractivity contribution < 1.29 is 4.52 Å². The Morgan fingerprint density at radius 3 is 2.73 bits per heavy atom. The molecule has 7 nitrogen and oxygen atoms in total. The molecular formula is C19H21N5O2. The second-order valence-corrected chi connectivity index (χ2v) is 6.81. The van der Waals surface area contributed by atoms with Crippen molar-refractivity contribution in [2.24, 2.45) is 0 Å². The highest BCUT2D eigenvalue weighted by Gasteiger charge is 2.27. The SMILES string of the molecule is Cc1ccc(-c2noc(C)c2Cn2ncc(N(C)C3CC3)cc2=O)cn1. The van der Waals surface area contributed by atoms with Crippen LogP contribution < -0.4 is 10.5 Å². The quantitative estimate of drug-likeness (QED) is 0.703. The fourth-order valence-electron chi connectivity index (χ4n) is 2.97. The van der Waals surface area contributed by atoms with E-state index < -0.39 is 0 Å². The summed E-state index contributed by atoms with van der Waals surface area (Å²) in [6, 6.07) is 6.05. The van der Waals surface area contributed by atoms with Crippen LogP contribution in [0.15, 0.2) is 39.9 Å². The van der Waals surface area contributed by atoms with Crippen LogP contribution in [-0.4, -0.2) is 33.0 Å². The molecular weight excluding hydrogens is 330 g/mol. The van der Waals surface area contributed by atoms with Crippen LogP contribution >= 0.6 is 0 Å². The first-order valence-electron chi connectivity index (χ1n) is 8.71. The van der Waals surface area contributed by atoms with E-state index in [2.05, 4.69) is 20.1 Å². The molecule has 134 valence electrons. The molecule has 0 bridgehead atoms. The molecule has 3 heterocycles. The summed E-state index contributed by atoms with van der Waals surface area (Å²) in [5.74, 6) is 0.674. The van der Waals surface area contributed by atoms with Gasteiger partial charge >= 0.3 is 0 Å². The molecule has 0 unspecified atom stereocenters. The van der Waals surface area contributed by atoms with Gasteiger partial charge in [0.25, 0.3) is 5.56 Å². The van der Waals surface area contributed by atoms with Gasteiger partial charge < -0.3 is 9.42 Å². The van der Waals surface area contributed by atoms with Gasteiger partial charge in [-0.1, -0.05) is 5.16 Å². The lowest BCUT2D eigenvalue weighted by Crippen LogP contribution is -2.27.